The summed E-state index contributed by atoms with van der Waals surface area (Å²) in [5.74, 6) is -0.543. The molecular formula is C14H17N3O3. The van der Waals surface area contributed by atoms with Crippen LogP contribution in [-0.2, 0) is 23.1 Å². The van der Waals surface area contributed by atoms with Crippen LogP contribution in [0, 0.1) is 6.92 Å². The maximum absolute atomic E-state index is 11.9. The van der Waals surface area contributed by atoms with E-state index in [0.29, 0.717) is 18.0 Å². The molecule has 0 aliphatic rings. The molecule has 2 rings (SSSR count). The van der Waals surface area contributed by atoms with Crippen molar-refractivity contribution in [3.05, 3.63) is 47.3 Å². The maximum Gasteiger partial charge on any atom is 0.360 e. The lowest BCUT2D eigenvalue weighted by Crippen LogP contribution is -2.14. The van der Waals surface area contributed by atoms with E-state index >= 15 is 0 Å². The van der Waals surface area contributed by atoms with Gasteiger partial charge in [-0.3, -0.25) is 4.68 Å². The van der Waals surface area contributed by atoms with Gasteiger partial charge in [-0.25, -0.2) is 4.79 Å². The predicted octanol–water partition coefficient (Wildman–Crippen LogP) is 1.64. The minimum Gasteiger partial charge on any atom is -0.434 e. The van der Waals surface area contributed by atoms with Crippen LogP contribution in [0.1, 0.15) is 21.7 Å². The van der Waals surface area contributed by atoms with Crippen LogP contribution >= 0.6 is 0 Å². The molecule has 2 N–H and O–H groups in total. The Kier molecular flexibility index (Phi) is 4.37. The number of nitrogen functional groups attached to an aromatic ring is 1. The van der Waals surface area contributed by atoms with Crippen molar-refractivity contribution in [3.63, 3.8) is 0 Å². The third-order valence-corrected chi connectivity index (χ3v) is 2.85. The largest absolute Gasteiger partial charge is 0.434 e. The molecule has 0 unspecified atom stereocenters. The van der Waals surface area contributed by atoms with E-state index in [4.69, 9.17) is 15.2 Å². The van der Waals surface area contributed by atoms with E-state index < -0.39 is 5.97 Å². The normalized spacial score (nSPS) is 10.5. The number of hydrogen-bond donors (Lipinski definition) is 1. The Labute approximate surface area is 117 Å². The molecule has 0 fully saturated rings. The van der Waals surface area contributed by atoms with Crippen LogP contribution in [0.15, 0.2) is 30.3 Å². The fourth-order valence-corrected chi connectivity index (χ4v) is 1.81. The quantitative estimate of drug-likeness (QED) is 0.510. The minimum absolute atomic E-state index is 0.128. The number of benzene rings is 1. The summed E-state index contributed by atoms with van der Waals surface area (Å²) >= 11 is 0. The van der Waals surface area contributed by atoms with Gasteiger partial charge >= 0.3 is 5.97 Å². The molecule has 2 aromatic rings. The van der Waals surface area contributed by atoms with Gasteiger partial charge in [-0.15, -0.1) is 0 Å². The van der Waals surface area contributed by atoms with Gasteiger partial charge in [-0.1, -0.05) is 30.3 Å². The van der Waals surface area contributed by atoms with Crippen LogP contribution in [0.5, 0.6) is 0 Å². The van der Waals surface area contributed by atoms with E-state index in [0.717, 1.165) is 5.56 Å². The van der Waals surface area contributed by atoms with E-state index in [1.165, 1.54) is 4.68 Å². The Morgan fingerprint density at radius 2 is 2.05 bits per heavy atom. The Bertz CT molecular complexity index is 593. The van der Waals surface area contributed by atoms with Crippen molar-refractivity contribution in [3.8, 4) is 0 Å². The van der Waals surface area contributed by atoms with Gasteiger partial charge in [0.05, 0.1) is 18.0 Å². The van der Waals surface area contributed by atoms with Gasteiger partial charge in [0.25, 0.3) is 0 Å². The van der Waals surface area contributed by atoms with E-state index in [-0.39, 0.29) is 12.5 Å². The number of aromatic nitrogens is 2. The molecule has 1 aromatic carbocycles. The topological polar surface area (TPSA) is 79.4 Å². The fourth-order valence-electron chi connectivity index (χ4n) is 1.81. The molecule has 0 aliphatic carbocycles. The Morgan fingerprint density at radius 1 is 1.35 bits per heavy atom. The smallest absolute Gasteiger partial charge is 0.360 e. The first-order valence-corrected chi connectivity index (χ1v) is 6.17. The van der Waals surface area contributed by atoms with Gasteiger partial charge in [-0.05, 0) is 12.5 Å². The molecule has 0 spiro atoms. The average Bonchev–Trinajstić information content (AvgIpc) is 2.69. The predicted molar refractivity (Wildman–Crippen MR) is 73.9 cm³/mol. The number of nitrogens with two attached hydrogens (primary N) is 1. The maximum atomic E-state index is 11.9. The highest BCUT2D eigenvalue weighted by Crippen LogP contribution is 2.16. The van der Waals surface area contributed by atoms with Crippen molar-refractivity contribution in [2.45, 2.75) is 13.5 Å². The monoisotopic (exact) mass is 275 g/mol. The second-order valence-corrected chi connectivity index (χ2v) is 4.36. The van der Waals surface area contributed by atoms with Gasteiger partial charge in [0.2, 0.25) is 0 Å². The van der Waals surface area contributed by atoms with Crippen molar-refractivity contribution in [2.24, 2.45) is 7.05 Å². The molecule has 0 bridgehead atoms. The van der Waals surface area contributed by atoms with Gasteiger partial charge in [0.15, 0.2) is 12.5 Å². The van der Waals surface area contributed by atoms with E-state index in [1.54, 1.807) is 14.0 Å². The van der Waals surface area contributed by atoms with E-state index in [1.807, 2.05) is 30.3 Å². The molecule has 0 saturated carbocycles. The lowest BCUT2D eigenvalue weighted by molar-refractivity contribution is -0.0387. The van der Waals surface area contributed by atoms with Crippen LogP contribution in [0.3, 0.4) is 0 Å². The summed E-state index contributed by atoms with van der Waals surface area (Å²) in [6.45, 7) is 1.99. The van der Waals surface area contributed by atoms with Crippen LogP contribution in [0.2, 0.25) is 0 Å². The highest BCUT2D eigenvalue weighted by atomic mass is 16.7. The Balaban J connectivity index is 1.84. The van der Waals surface area contributed by atoms with Crippen molar-refractivity contribution < 1.29 is 14.3 Å². The molecular weight excluding hydrogens is 258 g/mol. The molecule has 0 aliphatic heterocycles. The average molecular weight is 275 g/mol. The zero-order valence-electron chi connectivity index (χ0n) is 11.5. The van der Waals surface area contributed by atoms with Crippen LogP contribution in [-0.4, -0.2) is 22.5 Å². The zero-order valence-corrected chi connectivity index (χ0v) is 11.5. The summed E-state index contributed by atoms with van der Waals surface area (Å²) in [7, 11) is 1.64. The summed E-state index contributed by atoms with van der Waals surface area (Å²) in [6.07, 6.45) is 0. The molecule has 20 heavy (non-hydrogen) atoms. The SMILES string of the molecule is Cc1nn(C)c(C(=O)OCOCc2ccccc2)c1N. The first-order chi connectivity index (χ1) is 9.59. The molecule has 6 nitrogen and oxygen atoms in total. The minimum atomic E-state index is -0.543. The third-order valence-electron chi connectivity index (χ3n) is 2.85. The fraction of sp³-hybridized carbons (Fsp3) is 0.286. The Morgan fingerprint density at radius 3 is 2.65 bits per heavy atom. The third kappa shape index (κ3) is 3.16. The summed E-state index contributed by atoms with van der Waals surface area (Å²) in [5, 5.41) is 4.06. The summed E-state index contributed by atoms with van der Waals surface area (Å²) in [4.78, 5) is 11.9. The Hall–Kier alpha value is -2.34. The molecule has 0 saturated heterocycles. The van der Waals surface area contributed by atoms with Crippen molar-refractivity contribution in [1.82, 2.24) is 9.78 Å². The first-order valence-electron chi connectivity index (χ1n) is 6.17. The highest BCUT2D eigenvalue weighted by Gasteiger charge is 2.19. The lowest BCUT2D eigenvalue weighted by Gasteiger charge is -2.07. The summed E-state index contributed by atoms with van der Waals surface area (Å²) < 4.78 is 11.7. The van der Waals surface area contributed by atoms with Crippen molar-refractivity contribution in [2.75, 3.05) is 12.5 Å². The number of nitrogens with zero attached hydrogens (tertiary/aromatic N) is 2. The van der Waals surface area contributed by atoms with Gasteiger partial charge < -0.3 is 15.2 Å². The van der Waals surface area contributed by atoms with Crippen LogP contribution < -0.4 is 5.73 Å². The standard InChI is InChI=1S/C14H17N3O3/c1-10-12(15)13(17(2)16-10)14(18)20-9-19-8-11-6-4-3-5-7-11/h3-7H,8-9,15H2,1-2H3. The molecule has 0 amide bonds. The number of anilines is 1. The second kappa shape index (κ2) is 6.21. The second-order valence-electron chi connectivity index (χ2n) is 4.36. The highest BCUT2D eigenvalue weighted by molar-refractivity contribution is 5.93. The summed E-state index contributed by atoms with van der Waals surface area (Å²) in [6, 6.07) is 9.64. The molecule has 1 heterocycles. The van der Waals surface area contributed by atoms with E-state index in [2.05, 4.69) is 5.10 Å². The van der Waals surface area contributed by atoms with Gasteiger partial charge in [-0.2, -0.15) is 5.10 Å². The molecule has 6 heteroatoms. The number of rotatable bonds is 5. The number of aryl methyl sites for hydroxylation is 2. The van der Waals surface area contributed by atoms with Crippen LogP contribution in [0.4, 0.5) is 5.69 Å². The molecule has 106 valence electrons. The summed E-state index contributed by atoms with van der Waals surface area (Å²) in [5.41, 5.74) is 7.96. The van der Waals surface area contributed by atoms with Crippen LogP contribution in [0.25, 0.3) is 0 Å². The molecule has 1 aromatic heterocycles. The van der Waals surface area contributed by atoms with Gasteiger partial charge in [0.1, 0.15) is 0 Å². The number of esters is 1. The number of hydrogen-bond acceptors (Lipinski definition) is 5. The molecule has 0 radical (unpaired) electrons. The number of carbonyl (C=O) groups is 1. The number of ether oxygens (including phenoxy) is 2. The van der Waals surface area contributed by atoms with Crippen molar-refractivity contribution in [1.29, 1.82) is 0 Å². The van der Waals surface area contributed by atoms with Crippen molar-refractivity contribution >= 4 is 11.7 Å². The zero-order chi connectivity index (χ0) is 14.5. The first kappa shape index (κ1) is 14.1. The van der Waals surface area contributed by atoms with E-state index in [9.17, 15) is 4.79 Å². The molecule has 0 atom stereocenters. The van der Waals surface area contributed by atoms with Gasteiger partial charge in [0, 0.05) is 7.05 Å². The lowest BCUT2D eigenvalue weighted by atomic mass is 10.2. The number of carbonyl (C=O) groups excluding carboxylic acids is 1.